The van der Waals surface area contributed by atoms with Crippen molar-refractivity contribution in [1.82, 2.24) is 25.7 Å². The lowest BCUT2D eigenvalue weighted by Crippen LogP contribution is -2.42. The van der Waals surface area contributed by atoms with Crippen LogP contribution in [-0.2, 0) is 7.05 Å². The highest BCUT2D eigenvalue weighted by atomic mass is 16.1. The van der Waals surface area contributed by atoms with Gasteiger partial charge in [0.25, 0.3) is 5.91 Å². The third kappa shape index (κ3) is 6.49. The van der Waals surface area contributed by atoms with Crippen molar-refractivity contribution >= 4 is 5.91 Å². The molecule has 2 aliphatic rings. The molecular formula is C31H41N5O. The van der Waals surface area contributed by atoms with Crippen molar-refractivity contribution in [3.05, 3.63) is 77.5 Å². The van der Waals surface area contributed by atoms with Crippen molar-refractivity contribution in [2.24, 2.45) is 13.0 Å². The van der Waals surface area contributed by atoms with Gasteiger partial charge in [0.05, 0.1) is 11.4 Å². The maximum Gasteiger partial charge on any atom is 0.251 e. The van der Waals surface area contributed by atoms with E-state index in [1.165, 1.54) is 36.8 Å². The minimum absolute atomic E-state index is 0.0618. The summed E-state index contributed by atoms with van der Waals surface area (Å²) in [4.78, 5) is 12.6. The topological polar surface area (TPSA) is 71.0 Å². The lowest BCUT2D eigenvalue weighted by molar-refractivity contribution is 0.0929. The van der Waals surface area contributed by atoms with Gasteiger partial charge >= 0.3 is 0 Å². The van der Waals surface area contributed by atoms with Gasteiger partial charge in [0.1, 0.15) is 0 Å². The Bertz CT molecular complexity index is 1150. The first-order valence-corrected chi connectivity index (χ1v) is 14.0. The predicted molar refractivity (Wildman–Crippen MR) is 150 cm³/mol. The average Bonchev–Trinajstić information content (AvgIpc) is 3.57. The summed E-state index contributed by atoms with van der Waals surface area (Å²) >= 11 is 0. The van der Waals surface area contributed by atoms with Crippen molar-refractivity contribution in [2.75, 3.05) is 19.6 Å². The van der Waals surface area contributed by atoms with Gasteiger partial charge in [-0.1, -0.05) is 42.5 Å². The highest BCUT2D eigenvalue weighted by molar-refractivity contribution is 5.94. The van der Waals surface area contributed by atoms with Crippen LogP contribution < -0.4 is 16.0 Å². The molecule has 3 unspecified atom stereocenters. The first-order valence-electron chi connectivity index (χ1n) is 14.0. The molecular weight excluding hydrogens is 458 g/mol. The molecule has 1 amide bonds. The summed E-state index contributed by atoms with van der Waals surface area (Å²) in [6, 6.07) is 21.6. The van der Waals surface area contributed by atoms with Crippen LogP contribution in [0.1, 0.15) is 79.0 Å². The van der Waals surface area contributed by atoms with Crippen molar-refractivity contribution in [3.63, 3.8) is 0 Å². The second-order valence-corrected chi connectivity index (χ2v) is 10.9. The summed E-state index contributed by atoms with van der Waals surface area (Å²) < 4.78 is 1.98. The molecule has 0 radical (unpaired) electrons. The number of rotatable bonds is 9. The fraction of sp³-hybridized carbons (Fsp3) is 0.484. The monoisotopic (exact) mass is 499 g/mol. The van der Waals surface area contributed by atoms with Crippen molar-refractivity contribution < 1.29 is 4.79 Å². The number of benzene rings is 2. The quantitative estimate of drug-likeness (QED) is 0.379. The Kier molecular flexibility index (Phi) is 8.37. The molecule has 1 aromatic heterocycles. The Morgan fingerprint density at radius 3 is 2.57 bits per heavy atom. The van der Waals surface area contributed by atoms with Crippen LogP contribution in [0.15, 0.2) is 60.7 Å². The second-order valence-electron chi connectivity index (χ2n) is 10.9. The number of carbonyl (C=O) groups is 1. The molecule has 2 fully saturated rings. The summed E-state index contributed by atoms with van der Waals surface area (Å²) in [5.74, 6) is 1.41. The van der Waals surface area contributed by atoms with Crippen LogP contribution in [0.3, 0.4) is 0 Å². The minimum atomic E-state index is 0.0618. The summed E-state index contributed by atoms with van der Waals surface area (Å²) in [6.07, 6.45) is 6.96. The zero-order chi connectivity index (χ0) is 25.6. The smallest absolute Gasteiger partial charge is 0.251 e. The van der Waals surface area contributed by atoms with Crippen LogP contribution in [0, 0.1) is 5.92 Å². The van der Waals surface area contributed by atoms with Gasteiger partial charge in [-0.15, -0.1) is 0 Å². The number of amides is 1. The Labute approximate surface area is 221 Å². The highest BCUT2D eigenvalue weighted by Crippen LogP contribution is 2.39. The van der Waals surface area contributed by atoms with Gasteiger partial charge in [-0.05, 0) is 106 Å². The van der Waals surface area contributed by atoms with E-state index in [2.05, 4.69) is 65.3 Å². The number of aryl methyl sites for hydroxylation is 1. The van der Waals surface area contributed by atoms with E-state index < -0.39 is 0 Å². The third-order valence-corrected chi connectivity index (χ3v) is 8.27. The van der Waals surface area contributed by atoms with Crippen molar-refractivity contribution in [2.45, 2.75) is 63.5 Å². The van der Waals surface area contributed by atoms with Gasteiger partial charge in [0.15, 0.2) is 0 Å². The van der Waals surface area contributed by atoms with E-state index in [1.54, 1.807) is 0 Å². The number of nitrogens with one attached hydrogen (secondary N) is 3. The Hall–Kier alpha value is -2.96. The van der Waals surface area contributed by atoms with E-state index >= 15 is 0 Å². The van der Waals surface area contributed by atoms with Crippen LogP contribution in [-0.4, -0.2) is 41.4 Å². The molecule has 1 aliphatic heterocycles. The molecule has 3 aromatic rings. The van der Waals surface area contributed by atoms with E-state index in [0.717, 1.165) is 55.3 Å². The molecule has 0 bridgehead atoms. The molecule has 3 atom stereocenters. The fourth-order valence-corrected chi connectivity index (χ4v) is 5.97. The normalized spacial score (nSPS) is 21.1. The number of nitrogens with zero attached hydrogens (tertiary/aromatic N) is 2. The predicted octanol–water partition coefficient (Wildman–Crippen LogP) is 5.19. The third-order valence-electron chi connectivity index (χ3n) is 8.27. The molecule has 5 rings (SSSR count). The summed E-state index contributed by atoms with van der Waals surface area (Å²) in [5.41, 5.74) is 5.60. The lowest BCUT2D eigenvalue weighted by Gasteiger charge is -2.23. The van der Waals surface area contributed by atoms with E-state index in [9.17, 15) is 4.79 Å². The van der Waals surface area contributed by atoms with Gasteiger partial charge in [-0.3, -0.25) is 9.48 Å². The van der Waals surface area contributed by atoms with Gasteiger partial charge < -0.3 is 16.0 Å². The van der Waals surface area contributed by atoms with Gasteiger partial charge in [0, 0.05) is 24.7 Å². The maximum absolute atomic E-state index is 12.6. The largest absolute Gasteiger partial charge is 0.349 e. The fourth-order valence-electron chi connectivity index (χ4n) is 5.97. The SMILES string of the molecule is CC(NCCC1CCC(c2ccc(C(=O)NC3CCNCC3)cc2)C1)c1cc(-c2ccccc2)n(C)n1. The van der Waals surface area contributed by atoms with Crippen molar-refractivity contribution in [1.29, 1.82) is 0 Å². The Morgan fingerprint density at radius 2 is 1.81 bits per heavy atom. The van der Waals surface area contributed by atoms with Gasteiger partial charge in [-0.2, -0.15) is 5.10 Å². The molecule has 1 aliphatic carbocycles. The molecule has 196 valence electrons. The number of hydrogen-bond acceptors (Lipinski definition) is 4. The molecule has 3 N–H and O–H groups in total. The van der Waals surface area contributed by atoms with Crippen molar-refractivity contribution in [3.8, 4) is 11.3 Å². The number of hydrogen-bond donors (Lipinski definition) is 3. The first-order chi connectivity index (χ1) is 18.1. The van der Waals surface area contributed by atoms with Crippen LogP contribution in [0.2, 0.25) is 0 Å². The van der Waals surface area contributed by atoms with Gasteiger partial charge in [-0.25, -0.2) is 0 Å². The second kappa shape index (κ2) is 12.1. The molecule has 37 heavy (non-hydrogen) atoms. The van der Waals surface area contributed by atoms with Crippen LogP contribution >= 0.6 is 0 Å². The molecule has 1 saturated carbocycles. The molecule has 6 nitrogen and oxygen atoms in total. The maximum atomic E-state index is 12.6. The number of piperidine rings is 1. The van der Waals surface area contributed by atoms with E-state index in [0.29, 0.717) is 12.0 Å². The van der Waals surface area contributed by atoms with Crippen LogP contribution in [0.25, 0.3) is 11.3 Å². The standard InChI is InChI=1S/C31H41N5O/c1-22(29-21-30(36(2)35-29)25-6-4-3-5-7-25)33-19-14-23-8-9-27(20-23)24-10-12-26(13-11-24)31(37)34-28-15-17-32-18-16-28/h3-7,10-13,21-23,27-28,32-33H,8-9,14-20H2,1-2H3,(H,34,37). The minimum Gasteiger partial charge on any atom is -0.349 e. The molecule has 2 heterocycles. The summed E-state index contributed by atoms with van der Waals surface area (Å²) in [6.45, 7) is 5.18. The first kappa shape index (κ1) is 25.7. The summed E-state index contributed by atoms with van der Waals surface area (Å²) in [5, 5.41) is 15.0. The summed E-state index contributed by atoms with van der Waals surface area (Å²) in [7, 11) is 2.02. The van der Waals surface area contributed by atoms with Gasteiger partial charge in [0.2, 0.25) is 0 Å². The van der Waals surface area contributed by atoms with Crippen LogP contribution in [0.4, 0.5) is 0 Å². The zero-order valence-corrected chi connectivity index (χ0v) is 22.2. The van der Waals surface area contributed by atoms with E-state index in [1.807, 2.05) is 29.9 Å². The number of aromatic nitrogens is 2. The van der Waals surface area contributed by atoms with E-state index in [-0.39, 0.29) is 11.9 Å². The zero-order valence-electron chi connectivity index (χ0n) is 22.2. The van der Waals surface area contributed by atoms with Crippen LogP contribution in [0.5, 0.6) is 0 Å². The Balaban J connectivity index is 1.07. The molecule has 0 spiro atoms. The molecule has 1 saturated heterocycles. The highest BCUT2D eigenvalue weighted by Gasteiger charge is 2.26. The number of carbonyl (C=O) groups excluding carboxylic acids is 1. The molecule has 6 heteroatoms. The lowest BCUT2D eigenvalue weighted by atomic mass is 9.94. The molecule has 2 aromatic carbocycles. The average molecular weight is 500 g/mol. The Morgan fingerprint density at radius 1 is 1.05 bits per heavy atom. The van der Waals surface area contributed by atoms with E-state index in [4.69, 9.17) is 5.10 Å².